The molecule has 0 aromatic carbocycles. The molecular formula is C13H18O2. The highest BCUT2D eigenvalue weighted by molar-refractivity contribution is 5.93. The molecule has 2 heteroatoms. The maximum Gasteiger partial charge on any atom is 0.202 e. The third-order valence-electron chi connectivity index (χ3n) is 2.75. The predicted molar refractivity (Wildman–Crippen MR) is 60.2 cm³/mol. The van der Waals surface area contributed by atoms with E-state index < -0.39 is 0 Å². The molecule has 1 rings (SSSR count). The predicted octanol–water partition coefficient (Wildman–Crippen LogP) is 2.08. The SMILES string of the molecule is CC(=O)C#CC1=C(C)C[C@@H](O)CC1(C)C. The number of Topliss-reactive ketones (excluding diaryl/α,β-unsaturated/α-hetero) is 1. The molecule has 0 saturated heterocycles. The highest BCUT2D eigenvalue weighted by Crippen LogP contribution is 2.39. The average molecular weight is 206 g/mol. The molecule has 0 aromatic heterocycles. The molecule has 0 radical (unpaired) electrons. The van der Waals surface area contributed by atoms with Crippen molar-refractivity contribution in [1.82, 2.24) is 0 Å². The van der Waals surface area contributed by atoms with Crippen LogP contribution in [0.25, 0.3) is 0 Å². The van der Waals surface area contributed by atoms with Crippen molar-refractivity contribution < 1.29 is 9.90 Å². The number of aliphatic hydroxyl groups excluding tert-OH is 1. The largest absolute Gasteiger partial charge is 0.393 e. The summed E-state index contributed by atoms with van der Waals surface area (Å²) < 4.78 is 0. The second-order valence-corrected chi connectivity index (χ2v) is 4.91. The zero-order chi connectivity index (χ0) is 11.6. The normalized spacial score (nSPS) is 24.5. The summed E-state index contributed by atoms with van der Waals surface area (Å²) in [6, 6.07) is 0. The van der Waals surface area contributed by atoms with Crippen LogP contribution >= 0.6 is 0 Å². The van der Waals surface area contributed by atoms with Gasteiger partial charge in [-0.2, -0.15) is 0 Å². The van der Waals surface area contributed by atoms with Crippen LogP contribution in [0.2, 0.25) is 0 Å². The van der Waals surface area contributed by atoms with Gasteiger partial charge < -0.3 is 5.11 Å². The van der Waals surface area contributed by atoms with E-state index in [1.807, 2.05) is 6.92 Å². The summed E-state index contributed by atoms with van der Waals surface area (Å²) >= 11 is 0. The van der Waals surface area contributed by atoms with Crippen molar-refractivity contribution in [3.63, 3.8) is 0 Å². The third kappa shape index (κ3) is 2.94. The first-order valence-corrected chi connectivity index (χ1v) is 5.24. The quantitative estimate of drug-likeness (QED) is 0.486. The van der Waals surface area contributed by atoms with Gasteiger partial charge in [0.1, 0.15) is 0 Å². The van der Waals surface area contributed by atoms with Crippen molar-refractivity contribution >= 4 is 5.78 Å². The molecule has 0 amide bonds. The lowest BCUT2D eigenvalue weighted by Crippen LogP contribution is -2.28. The molecule has 1 aliphatic carbocycles. The summed E-state index contributed by atoms with van der Waals surface area (Å²) in [5.74, 6) is 5.42. The zero-order valence-electron chi connectivity index (χ0n) is 9.85. The molecule has 2 nitrogen and oxygen atoms in total. The molecule has 0 heterocycles. The minimum absolute atomic E-state index is 0.114. The molecule has 0 fully saturated rings. The van der Waals surface area contributed by atoms with E-state index in [2.05, 4.69) is 25.7 Å². The number of carbonyl (C=O) groups excluding carboxylic acids is 1. The lowest BCUT2D eigenvalue weighted by Gasteiger charge is -2.34. The minimum Gasteiger partial charge on any atom is -0.393 e. The monoisotopic (exact) mass is 206 g/mol. The van der Waals surface area contributed by atoms with Gasteiger partial charge in [-0.1, -0.05) is 25.3 Å². The van der Waals surface area contributed by atoms with Gasteiger partial charge in [0.2, 0.25) is 5.78 Å². The van der Waals surface area contributed by atoms with E-state index in [0.717, 1.165) is 11.1 Å². The maximum absolute atomic E-state index is 10.8. The Bertz CT molecular complexity index is 364. The van der Waals surface area contributed by atoms with Gasteiger partial charge in [-0.15, -0.1) is 0 Å². The van der Waals surface area contributed by atoms with E-state index in [-0.39, 0.29) is 17.3 Å². The number of hydrogen-bond donors (Lipinski definition) is 1. The van der Waals surface area contributed by atoms with Crippen LogP contribution in [0.15, 0.2) is 11.1 Å². The van der Waals surface area contributed by atoms with Crippen molar-refractivity contribution in [3.8, 4) is 11.8 Å². The Labute approximate surface area is 91.4 Å². The molecule has 0 saturated carbocycles. The van der Waals surface area contributed by atoms with Crippen LogP contribution in [0.4, 0.5) is 0 Å². The first-order chi connectivity index (χ1) is 6.83. The Morgan fingerprint density at radius 3 is 2.60 bits per heavy atom. The Hall–Kier alpha value is -1.07. The van der Waals surface area contributed by atoms with Gasteiger partial charge in [0, 0.05) is 17.9 Å². The minimum atomic E-state index is -0.275. The van der Waals surface area contributed by atoms with Crippen LogP contribution in [-0.4, -0.2) is 17.0 Å². The lowest BCUT2D eigenvalue weighted by atomic mass is 9.72. The Balaban J connectivity index is 3.08. The van der Waals surface area contributed by atoms with Gasteiger partial charge in [-0.3, -0.25) is 4.79 Å². The zero-order valence-corrected chi connectivity index (χ0v) is 9.85. The van der Waals surface area contributed by atoms with E-state index in [1.165, 1.54) is 6.92 Å². The lowest BCUT2D eigenvalue weighted by molar-refractivity contribution is -0.111. The van der Waals surface area contributed by atoms with Gasteiger partial charge in [0.25, 0.3) is 0 Å². The topological polar surface area (TPSA) is 37.3 Å². The molecule has 0 bridgehead atoms. The highest BCUT2D eigenvalue weighted by atomic mass is 16.3. The van der Waals surface area contributed by atoms with E-state index in [0.29, 0.717) is 12.8 Å². The molecule has 1 N–H and O–H groups in total. The van der Waals surface area contributed by atoms with Crippen LogP contribution in [0.3, 0.4) is 0 Å². The van der Waals surface area contributed by atoms with E-state index >= 15 is 0 Å². The fourth-order valence-corrected chi connectivity index (χ4v) is 2.22. The first-order valence-electron chi connectivity index (χ1n) is 5.24. The molecule has 0 unspecified atom stereocenters. The molecule has 1 aliphatic rings. The van der Waals surface area contributed by atoms with Gasteiger partial charge in [0.05, 0.1) is 6.10 Å². The number of allylic oxidation sites excluding steroid dienone is 1. The highest BCUT2D eigenvalue weighted by Gasteiger charge is 2.31. The van der Waals surface area contributed by atoms with Crippen molar-refractivity contribution in [1.29, 1.82) is 0 Å². The summed E-state index contributed by atoms with van der Waals surface area (Å²) in [6.07, 6.45) is 1.11. The number of hydrogen-bond acceptors (Lipinski definition) is 2. The maximum atomic E-state index is 10.8. The fraction of sp³-hybridized carbons (Fsp3) is 0.615. The third-order valence-corrected chi connectivity index (χ3v) is 2.75. The van der Waals surface area contributed by atoms with Crippen LogP contribution in [0, 0.1) is 17.3 Å². The summed E-state index contributed by atoms with van der Waals surface area (Å²) in [6.45, 7) is 7.56. The van der Waals surface area contributed by atoms with E-state index in [4.69, 9.17) is 0 Å². The van der Waals surface area contributed by atoms with Crippen molar-refractivity contribution in [2.45, 2.75) is 46.6 Å². The van der Waals surface area contributed by atoms with Crippen molar-refractivity contribution in [2.24, 2.45) is 5.41 Å². The Morgan fingerprint density at radius 2 is 2.13 bits per heavy atom. The molecule has 15 heavy (non-hydrogen) atoms. The second-order valence-electron chi connectivity index (χ2n) is 4.91. The van der Waals surface area contributed by atoms with Crippen LogP contribution in [0.1, 0.15) is 40.5 Å². The van der Waals surface area contributed by atoms with Gasteiger partial charge in [-0.25, -0.2) is 0 Å². The molecule has 0 aliphatic heterocycles. The van der Waals surface area contributed by atoms with Crippen molar-refractivity contribution in [2.75, 3.05) is 0 Å². The molecule has 82 valence electrons. The summed E-state index contributed by atoms with van der Waals surface area (Å²) in [4.78, 5) is 10.8. The smallest absolute Gasteiger partial charge is 0.202 e. The summed E-state index contributed by atoms with van der Waals surface area (Å²) in [5.41, 5.74) is 2.00. The number of ketones is 1. The van der Waals surface area contributed by atoms with Crippen LogP contribution in [0.5, 0.6) is 0 Å². The molecule has 0 spiro atoms. The van der Waals surface area contributed by atoms with E-state index in [9.17, 15) is 9.90 Å². The molecule has 1 atom stereocenters. The number of aliphatic hydroxyl groups is 1. The van der Waals surface area contributed by atoms with Gasteiger partial charge in [0.15, 0.2) is 0 Å². The Kier molecular flexibility index (Phi) is 3.36. The standard InChI is InChI=1S/C13H18O2/c1-9-7-11(15)8-13(3,4)12(9)6-5-10(2)14/h11,15H,7-8H2,1-4H3/t11-/m1/s1. The summed E-state index contributed by atoms with van der Waals surface area (Å²) in [7, 11) is 0. The fourth-order valence-electron chi connectivity index (χ4n) is 2.22. The average Bonchev–Trinajstić information content (AvgIpc) is 1.98. The Morgan fingerprint density at radius 1 is 1.53 bits per heavy atom. The molecular weight excluding hydrogens is 188 g/mol. The summed E-state index contributed by atoms with van der Waals surface area (Å²) in [5, 5.41) is 9.66. The number of carbonyl (C=O) groups is 1. The second kappa shape index (κ2) is 4.20. The van der Waals surface area contributed by atoms with Crippen LogP contribution < -0.4 is 0 Å². The molecule has 0 aromatic rings. The van der Waals surface area contributed by atoms with E-state index in [1.54, 1.807) is 0 Å². The van der Waals surface area contributed by atoms with Crippen LogP contribution in [-0.2, 0) is 4.79 Å². The number of rotatable bonds is 0. The van der Waals surface area contributed by atoms with Gasteiger partial charge in [-0.05, 0) is 25.7 Å². The van der Waals surface area contributed by atoms with Crippen molar-refractivity contribution in [3.05, 3.63) is 11.1 Å². The first kappa shape index (κ1) is 12.0. The van der Waals surface area contributed by atoms with Gasteiger partial charge >= 0.3 is 0 Å².